The van der Waals surface area contributed by atoms with E-state index in [1.165, 1.54) is 24.4 Å². The van der Waals surface area contributed by atoms with Gasteiger partial charge < -0.3 is 10.4 Å². The number of nitrogens with one attached hydrogen (secondary N) is 2. The van der Waals surface area contributed by atoms with Crippen LogP contribution in [-0.4, -0.2) is 29.7 Å². The average molecular weight is 329 g/mol. The van der Waals surface area contributed by atoms with Crippen LogP contribution in [0.1, 0.15) is 21.5 Å². The van der Waals surface area contributed by atoms with Gasteiger partial charge in [-0.2, -0.15) is 5.10 Å². The zero-order valence-electron chi connectivity index (χ0n) is 12.9. The Bertz CT molecular complexity index is 790. The lowest BCUT2D eigenvalue weighted by molar-refractivity contribution is -0.120. The van der Waals surface area contributed by atoms with E-state index in [9.17, 15) is 19.1 Å². The summed E-state index contributed by atoms with van der Waals surface area (Å²) < 4.78 is 13.0. The Kier molecular flexibility index (Phi) is 5.62. The molecule has 0 aliphatic carbocycles. The number of carbonyl (C=O) groups excluding carboxylic acids is 2. The first-order chi connectivity index (χ1) is 11.5. The van der Waals surface area contributed by atoms with Gasteiger partial charge >= 0.3 is 0 Å². The summed E-state index contributed by atoms with van der Waals surface area (Å²) in [6.45, 7) is 1.43. The summed E-state index contributed by atoms with van der Waals surface area (Å²) in [4.78, 5) is 23.4. The Morgan fingerprint density at radius 3 is 2.75 bits per heavy atom. The lowest BCUT2D eigenvalue weighted by atomic mass is 10.1. The van der Waals surface area contributed by atoms with Gasteiger partial charge in [-0.3, -0.25) is 9.59 Å². The third-order valence-corrected chi connectivity index (χ3v) is 3.16. The highest BCUT2D eigenvalue weighted by Crippen LogP contribution is 2.19. The lowest BCUT2D eigenvalue weighted by Gasteiger charge is -2.05. The number of hydrazone groups is 1. The molecule has 2 aromatic carbocycles. The second-order valence-electron chi connectivity index (χ2n) is 5.00. The van der Waals surface area contributed by atoms with Crippen molar-refractivity contribution >= 4 is 18.0 Å². The monoisotopic (exact) mass is 329 g/mol. The van der Waals surface area contributed by atoms with Gasteiger partial charge in [-0.1, -0.05) is 18.2 Å². The van der Waals surface area contributed by atoms with E-state index < -0.39 is 17.6 Å². The summed E-state index contributed by atoms with van der Waals surface area (Å²) in [6, 6.07) is 10.3. The number of benzene rings is 2. The molecule has 2 aromatic rings. The summed E-state index contributed by atoms with van der Waals surface area (Å²) >= 11 is 0. The minimum atomic E-state index is -0.565. The molecule has 0 unspecified atom stereocenters. The second-order valence-corrected chi connectivity index (χ2v) is 5.00. The zero-order chi connectivity index (χ0) is 17.5. The first kappa shape index (κ1) is 17.1. The molecule has 7 heteroatoms. The molecular formula is C17H16FN3O3. The molecule has 0 saturated heterocycles. The SMILES string of the molecule is Cc1cccc(/C=N/NC(=O)CNC(=O)c2cccc(F)c2)c1O. The van der Waals surface area contributed by atoms with E-state index in [2.05, 4.69) is 15.8 Å². The molecule has 0 aliphatic heterocycles. The van der Waals surface area contributed by atoms with E-state index in [0.717, 1.165) is 6.07 Å². The molecule has 24 heavy (non-hydrogen) atoms. The fourth-order valence-electron chi connectivity index (χ4n) is 1.89. The number of amides is 2. The summed E-state index contributed by atoms with van der Waals surface area (Å²) in [7, 11) is 0. The van der Waals surface area contributed by atoms with Crippen LogP contribution in [0, 0.1) is 12.7 Å². The molecular weight excluding hydrogens is 313 g/mol. The Morgan fingerprint density at radius 2 is 2.00 bits per heavy atom. The molecule has 2 amide bonds. The van der Waals surface area contributed by atoms with Crippen molar-refractivity contribution in [3.63, 3.8) is 0 Å². The maximum Gasteiger partial charge on any atom is 0.259 e. The Labute approximate surface area is 138 Å². The van der Waals surface area contributed by atoms with Gasteiger partial charge in [0, 0.05) is 11.1 Å². The minimum absolute atomic E-state index is 0.0786. The van der Waals surface area contributed by atoms with E-state index >= 15 is 0 Å². The molecule has 3 N–H and O–H groups in total. The minimum Gasteiger partial charge on any atom is -0.507 e. The van der Waals surface area contributed by atoms with Gasteiger partial charge in [0.1, 0.15) is 11.6 Å². The predicted molar refractivity (Wildman–Crippen MR) is 87.3 cm³/mol. The Morgan fingerprint density at radius 1 is 1.25 bits per heavy atom. The van der Waals surface area contributed by atoms with Crippen molar-refractivity contribution in [2.45, 2.75) is 6.92 Å². The third-order valence-electron chi connectivity index (χ3n) is 3.16. The lowest BCUT2D eigenvalue weighted by Crippen LogP contribution is -2.34. The van der Waals surface area contributed by atoms with Crippen molar-refractivity contribution < 1.29 is 19.1 Å². The maximum atomic E-state index is 13.0. The fourth-order valence-corrected chi connectivity index (χ4v) is 1.89. The Balaban J connectivity index is 1.84. The van der Waals surface area contributed by atoms with E-state index in [1.807, 2.05) is 0 Å². The number of halogens is 1. The first-order valence-electron chi connectivity index (χ1n) is 7.11. The third kappa shape index (κ3) is 4.64. The molecule has 0 fully saturated rings. The number of rotatable bonds is 5. The van der Waals surface area contributed by atoms with Crippen molar-refractivity contribution in [3.05, 3.63) is 65.0 Å². The zero-order valence-corrected chi connectivity index (χ0v) is 12.9. The van der Waals surface area contributed by atoms with Gasteiger partial charge in [0.25, 0.3) is 11.8 Å². The molecule has 0 heterocycles. The number of nitrogens with zero attached hydrogens (tertiary/aromatic N) is 1. The Hall–Kier alpha value is -3.22. The summed E-state index contributed by atoms with van der Waals surface area (Å²) in [5.74, 6) is -1.57. The largest absolute Gasteiger partial charge is 0.507 e. The van der Waals surface area contributed by atoms with Crippen LogP contribution in [0.25, 0.3) is 0 Å². The standard InChI is InChI=1S/C17H16FN3O3/c1-11-4-2-6-13(16(11)23)9-20-21-15(22)10-19-17(24)12-5-3-7-14(18)8-12/h2-9,23H,10H2,1H3,(H,19,24)(H,21,22)/b20-9+. The van der Waals surface area contributed by atoms with Gasteiger partial charge in [0.15, 0.2) is 0 Å². The van der Waals surface area contributed by atoms with Crippen LogP contribution in [0.4, 0.5) is 4.39 Å². The summed E-state index contributed by atoms with van der Waals surface area (Å²) in [5, 5.41) is 15.9. The van der Waals surface area contributed by atoms with Gasteiger partial charge in [-0.25, -0.2) is 9.82 Å². The van der Waals surface area contributed by atoms with Crippen molar-refractivity contribution in [1.29, 1.82) is 0 Å². The number of phenolic OH excluding ortho intramolecular Hbond substituents is 1. The molecule has 0 spiro atoms. The predicted octanol–water partition coefficient (Wildman–Crippen LogP) is 1.72. The highest BCUT2D eigenvalue weighted by molar-refractivity contribution is 5.96. The molecule has 6 nitrogen and oxygen atoms in total. The number of hydrogen-bond donors (Lipinski definition) is 3. The second kappa shape index (κ2) is 7.87. The van der Waals surface area contributed by atoms with Gasteiger partial charge in [-0.05, 0) is 36.8 Å². The van der Waals surface area contributed by atoms with Crippen LogP contribution in [0.15, 0.2) is 47.6 Å². The maximum absolute atomic E-state index is 13.0. The number of para-hydroxylation sites is 1. The van der Waals surface area contributed by atoms with Crippen LogP contribution in [0.2, 0.25) is 0 Å². The van der Waals surface area contributed by atoms with Crippen molar-refractivity contribution in [2.24, 2.45) is 5.10 Å². The van der Waals surface area contributed by atoms with Crippen LogP contribution < -0.4 is 10.7 Å². The molecule has 124 valence electrons. The smallest absolute Gasteiger partial charge is 0.259 e. The molecule has 0 bridgehead atoms. The van der Waals surface area contributed by atoms with E-state index in [1.54, 1.807) is 25.1 Å². The van der Waals surface area contributed by atoms with Crippen LogP contribution in [-0.2, 0) is 4.79 Å². The van der Waals surface area contributed by atoms with Gasteiger partial charge in [-0.15, -0.1) is 0 Å². The molecule has 0 atom stereocenters. The molecule has 0 aliphatic rings. The van der Waals surface area contributed by atoms with E-state index in [0.29, 0.717) is 11.1 Å². The molecule has 0 saturated carbocycles. The van der Waals surface area contributed by atoms with Crippen molar-refractivity contribution in [3.8, 4) is 5.75 Å². The average Bonchev–Trinajstić information content (AvgIpc) is 2.56. The van der Waals surface area contributed by atoms with E-state index in [4.69, 9.17) is 0 Å². The molecule has 0 aromatic heterocycles. The van der Waals surface area contributed by atoms with Crippen LogP contribution in [0.5, 0.6) is 5.75 Å². The number of phenols is 1. The number of hydrogen-bond acceptors (Lipinski definition) is 4. The van der Waals surface area contributed by atoms with Gasteiger partial charge in [0.2, 0.25) is 0 Å². The highest BCUT2D eigenvalue weighted by Gasteiger charge is 2.08. The van der Waals surface area contributed by atoms with Gasteiger partial charge in [0.05, 0.1) is 12.8 Å². The first-order valence-corrected chi connectivity index (χ1v) is 7.11. The summed E-state index contributed by atoms with van der Waals surface area (Å²) in [6.07, 6.45) is 1.30. The molecule has 2 rings (SSSR count). The quantitative estimate of drug-likeness (QED) is 0.576. The van der Waals surface area contributed by atoms with Crippen LogP contribution in [0.3, 0.4) is 0 Å². The number of carbonyl (C=O) groups is 2. The number of aromatic hydroxyl groups is 1. The van der Waals surface area contributed by atoms with Crippen molar-refractivity contribution in [1.82, 2.24) is 10.7 Å². The summed E-state index contributed by atoms with van der Waals surface area (Å²) in [5.41, 5.74) is 3.49. The fraction of sp³-hybridized carbons (Fsp3) is 0.118. The molecule has 0 radical (unpaired) electrons. The van der Waals surface area contributed by atoms with E-state index in [-0.39, 0.29) is 17.9 Å². The highest BCUT2D eigenvalue weighted by atomic mass is 19.1. The topological polar surface area (TPSA) is 90.8 Å². The van der Waals surface area contributed by atoms with Crippen molar-refractivity contribution in [2.75, 3.05) is 6.54 Å². The number of aryl methyl sites for hydroxylation is 1. The normalized spacial score (nSPS) is 10.6. The van der Waals surface area contributed by atoms with Crippen LogP contribution >= 0.6 is 0 Å².